The third-order valence-electron chi connectivity index (χ3n) is 3.00. The van der Waals surface area contributed by atoms with E-state index >= 15 is 0 Å². The fourth-order valence-corrected chi connectivity index (χ4v) is 2.23. The Morgan fingerprint density at radius 1 is 1.17 bits per heavy atom. The number of aryl methyl sites for hydroxylation is 1. The van der Waals surface area contributed by atoms with Crippen molar-refractivity contribution in [1.29, 1.82) is 0 Å². The van der Waals surface area contributed by atoms with Gasteiger partial charge in [0, 0.05) is 12.5 Å². The number of aromatic nitrogens is 1. The average Bonchev–Trinajstić information content (AvgIpc) is 2.72. The number of nitrogens with one attached hydrogen (secondary N) is 1. The highest BCUT2D eigenvalue weighted by atomic mass is 16.4. The Bertz CT molecular complexity index is 321. The van der Waals surface area contributed by atoms with Crippen molar-refractivity contribution in [2.45, 2.75) is 66.5 Å². The molecule has 0 aliphatic heterocycles. The van der Waals surface area contributed by atoms with Crippen LogP contribution in [0.2, 0.25) is 0 Å². The minimum atomic E-state index is 0.557. The second-order valence-corrected chi connectivity index (χ2v) is 5.91. The van der Waals surface area contributed by atoms with Crippen molar-refractivity contribution in [3.05, 3.63) is 17.8 Å². The number of nitrogens with zero attached hydrogens (tertiary/aromatic N) is 1. The van der Waals surface area contributed by atoms with Crippen LogP contribution in [0.25, 0.3) is 0 Å². The van der Waals surface area contributed by atoms with Gasteiger partial charge in [-0.1, -0.05) is 34.6 Å². The van der Waals surface area contributed by atoms with Crippen LogP contribution in [0.15, 0.2) is 10.6 Å². The molecule has 3 nitrogen and oxygen atoms in total. The van der Waals surface area contributed by atoms with Crippen LogP contribution in [0.4, 0.5) is 0 Å². The van der Waals surface area contributed by atoms with E-state index in [9.17, 15) is 0 Å². The van der Waals surface area contributed by atoms with Crippen molar-refractivity contribution in [2.75, 3.05) is 0 Å². The molecule has 0 fully saturated rings. The highest BCUT2D eigenvalue weighted by molar-refractivity contribution is 4.93. The second kappa shape index (κ2) is 7.57. The molecule has 0 bridgehead atoms. The zero-order chi connectivity index (χ0) is 13.5. The van der Waals surface area contributed by atoms with Crippen molar-refractivity contribution >= 4 is 0 Å². The molecule has 18 heavy (non-hydrogen) atoms. The maximum atomic E-state index is 5.62. The van der Waals surface area contributed by atoms with Crippen molar-refractivity contribution in [2.24, 2.45) is 11.8 Å². The van der Waals surface area contributed by atoms with E-state index in [-0.39, 0.29) is 0 Å². The summed E-state index contributed by atoms with van der Waals surface area (Å²) in [4.78, 5) is 4.29. The van der Waals surface area contributed by atoms with Gasteiger partial charge in [-0.15, -0.1) is 0 Å². The lowest BCUT2D eigenvalue weighted by Crippen LogP contribution is -2.31. The molecule has 3 heteroatoms. The SMILES string of the molecule is CCc1cnc(CNC(CC(C)C)CC(C)C)o1. The van der Waals surface area contributed by atoms with Crippen molar-refractivity contribution in [3.8, 4) is 0 Å². The Morgan fingerprint density at radius 3 is 2.22 bits per heavy atom. The molecule has 0 aliphatic rings. The van der Waals surface area contributed by atoms with E-state index in [1.165, 1.54) is 12.8 Å². The summed E-state index contributed by atoms with van der Waals surface area (Å²) < 4.78 is 5.62. The summed E-state index contributed by atoms with van der Waals surface area (Å²) in [5.74, 6) is 3.22. The lowest BCUT2D eigenvalue weighted by atomic mass is 9.96. The fourth-order valence-electron chi connectivity index (χ4n) is 2.23. The van der Waals surface area contributed by atoms with Gasteiger partial charge in [0.15, 0.2) is 0 Å². The molecule has 0 radical (unpaired) electrons. The Balaban J connectivity index is 2.44. The Labute approximate surface area is 111 Å². The van der Waals surface area contributed by atoms with Gasteiger partial charge in [-0.2, -0.15) is 0 Å². The minimum absolute atomic E-state index is 0.557. The fraction of sp³-hybridized carbons (Fsp3) is 0.800. The molecule has 0 aromatic carbocycles. The van der Waals surface area contributed by atoms with Crippen LogP contribution in [0.1, 0.15) is 59.1 Å². The summed E-state index contributed by atoms with van der Waals surface area (Å²) in [5.41, 5.74) is 0. The average molecular weight is 252 g/mol. The monoisotopic (exact) mass is 252 g/mol. The Morgan fingerprint density at radius 2 is 1.78 bits per heavy atom. The van der Waals surface area contributed by atoms with Gasteiger partial charge >= 0.3 is 0 Å². The molecular weight excluding hydrogens is 224 g/mol. The van der Waals surface area contributed by atoms with E-state index in [1.807, 2.05) is 6.20 Å². The summed E-state index contributed by atoms with van der Waals surface area (Å²) in [6, 6.07) is 0.557. The Kier molecular flexibility index (Phi) is 6.41. The van der Waals surface area contributed by atoms with Crippen LogP contribution < -0.4 is 5.32 Å². The summed E-state index contributed by atoms with van der Waals surface area (Å²) in [6.45, 7) is 11.9. The van der Waals surface area contributed by atoms with Crippen LogP contribution in [-0.4, -0.2) is 11.0 Å². The highest BCUT2D eigenvalue weighted by Crippen LogP contribution is 2.14. The lowest BCUT2D eigenvalue weighted by molar-refractivity contribution is 0.338. The number of hydrogen-bond donors (Lipinski definition) is 1. The molecule has 104 valence electrons. The maximum absolute atomic E-state index is 5.62. The van der Waals surface area contributed by atoms with Crippen molar-refractivity contribution < 1.29 is 4.42 Å². The molecule has 0 saturated carbocycles. The molecule has 1 heterocycles. The van der Waals surface area contributed by atoms with Gasteiger partial charge in [-0.3, -0.25) is 0 Å². The molecule has 0 atom stereocenters. The third-order valence-corrected chi connectivity index (χ3v) is 3.00. The Hall–Kier alpha value is -0.830. The third kappa shape index (κ3) is 5.67. The van der Waals surface area contributed by atoms with Gasteiger partial charge in [-0.05, 0) is 24.7 Å². The molecule has 0 saturated heterocycles. The van der Waals surface area contributed by atoms with Crippen LogP contribution in [0.3, 0.4) is 0 Å². The van der Waals surface area contributed by atoms with E-state index in [0.717, 1.165) is 36.5 Å². The quantitative estimate of drug-likeness (QED) is 0.765. The van der Waals surface area contributed by atoms with Gasteiger partial charge in [0.2, 0.25) is 5.89 Å². The molecule has 1 N–H and O–H groups in total. The van der Waals surface area contributed by atoms with Crippen molar-refractivity contribution in [3.63, 3.8) is 0 Å². The lowest BCUT2D eigenvalue weighted by Gasteiger charge is -2.21. The zero-order valence-electron chi connectivity index (χ0n) is 12.5. The molecular formula is C15H28N2O. The van der Waals surface area contributed by atoms with E-state index in [2.05, 4.69) is 44.9 Å². The van der Waals surface area contributed by atoms with Crippen LogP contribution in [0.5, 0.6) is 0 Å². The predicted octanol–water partition coefficient (Wildman–Crippen LogP) is 3.79. The molecule has 1 rings (SSSR count). The van der Waals surface area contributed by atoms with Gasteiger partial charge in [0.05, 0.1) is 12.7 Å². The molecule has 0 spiro atoms. The first-order valence-electron chi connectivity index (χ1n) is 7.18. The van der Waals surface area contributed by atoms with E-state index in [1.54, 1.807) is 0 Å². The zero-order valence-corrected chi connectivity index (χ0v) is 12.5. The van der Waals surface area contributed by atoms with E-state index in [4.69, 9.17) is 4.42 Å². The summed E-state index contributed by atoms with van der Waals surface area (Å²) in [7, 11) is 0. The van der Waals surface area contributed by atoms with Gasteiger partial charge in [-0.25, -0.2) is 4.98 Å². The van der Waals surface area contributed by atoms with Gasteiger partial charge in [0.25, 0.3) is 0 Å². The first-order valence-corrected chi connectivity index (χ1v) is 7.18. The van der Waals surface area contributed by atoms with Gasteiger partial charge in [0.1, 0.15) is 5.76 Å². The molecule has 0 aliphatic carbocycles. The largest absolute Gasteiger partial charge is 0.444 e. The molecule has 0 amide bonds. The standard InChI is InChI=1S/C15H28N2O/c1-6-14-9-17-15(18-14)10-16-13(7-11(2)3)8-12(4)5/h9,11-13,16H,6-8,10H2,1-5H3. The van der Waals surface area contributed by atoms with Crippen LogP contribution >= 0.6 is 0 Å². The van der Waals surface area contributed by atoms with E-state index < -0.39 is 0 Å². The molecule has 1 aromatic rings. The van der Waals surface area contributed by atoms with Gasteiger partial charge < -0.3 is 9.73 Å². The minimum Gasteiger partial charge on any atom is -0.444 e. The second-order valence-electron chi connectivity index (χ2n) is 5.91. The molecule has 1 aromatic heterocycles. The van der Waals surface area contributed by atoms with Crippen LogP contribution in [0, 0.1) is 11.8 Å². The number of oxazole rings is 1. The predicted molar refractivity (Wildman–Crippen MR) is 75.4 cm³/mol. The first kappa shape index (κ1) is 15.2. The highest BCUT2D eigenvalue weighted by Gasteiger charge is 2.13. The molecule has 0 unspecified atom stereocenters. The topological polar surface area (TPSA) is 38.1 Å². The normalized spacial score (nSPS) is 12.0. The number of rotatable bonds is 8. The van der Waals surface area contributed by atoms with Crippen molar-refractivity contribution in [1.82, 2.24) is 10.3 Å². The smallest absolute Gasteiger partial charge is 0.208 e. The van der Waals surface area contributed by atoms with E-state index in [0.29, 0.717) is 6.04 Å². The summed E-state index contributed by atoms with van der Waals surface area (Å²) in [5, 5.41) is 3.58. The first-order chi connectivity index (χ1) is 8.51. The summed E-state index contributed by atoms with van der Waals surface area (Å²) >= 11 is 0. The number of hydrogen-bond acceptors (Lipinski definition) is 3. The van der Waals surface area contributed by atoms with Crippen LogP contribution in [-0.2, 0) is 13.0 Å². The summed E-state index contributed by atoms with van der Waals surface area (Å²) in [6.07, 6.45) is 5.16. The maximum Gasteiger partial charge on any atom is 0.208 e.